The van der Waals surface area contributed by atoms with Crippen molar-refractivity contribution in [2.24, 2.45) is 11.8 Å². The molecule has 1 amide bonds. The number of likely N-dealkylation sites (tertiary alicyclic amines) is 1. The number of nitriles is 1. The van der Waals surface area contributed by atoms with Crippen molar-refractivity contribution < 1.29 is 9.53 Å². The van der Waals surface area contributed by atoms with Crippen LogP contribution in [0.15, 0.2) is 0 Å². The molecule has 0 aromatic heterocycles. The first-order valence-electron chi connectivity index (χ1n) is 5.61. The van der Waals surface area contributed by atoms with E-state index in [-0.39, 0.29) is 12.1 Å². The van der Waals surface area contributed by atoms with Gasteiger partial charge in [-0.2, -0.15) is 5.26 Å². The van der Waals surface area contributed by atoms with Crippen molar-refractivity contribution in [1.82, 2.24) is 4.90 Å². The molecule has 0 bridgehead atoms. The summed E-state index contributed by atoms with van der Waals surface area (Å²) in [7, 11) is 0. The number of carbonyl (C=O) groups excluding carboxylic acids is 1. The van der Waals surface area contributed by atoms with Gasteiger partial charge in [0.25, 0.3) is 0 Å². The molecule has 0 radical (unpaired) electrons. The molecular weight excluding hydrogens is 192 g/mol. The van der Waals surface area contributed by atoms with Gasteiger partial charge in [0.1, 0.15) is 6.04 Å². The van der Waals surface area contributed by atoms with Crippen LogP contribution in [0.25, 0.3) is 0 Å². The summed E-state index contributed by atoms with van der Waals surface area (Å²) >= 11 is 0. The lowest BCUT2D eigenvalue weighted by atomic mass is 9.95. The Balaban J connectivity index is 2.08. The average Bonchev–Trinajstić information content (AvgIpc) is 2.76. The van der Waals surface area contributed by atoms with E-state index < -0.39 is 0 Å². The molecule has 1 aliphatic heterocycles. The maximum Gasteiger partial charge on any atom is 0.410 e. The Bertz CT molecular complexity index is 297. The summed E-state index contributed by atoms with van der Waals surface area (Å²) in [6.45, 7) is 2.88. The number of hydrogen-bond acceptors (Lipinski definition) is 3. The minimum atomic E-state index is -0.321. The maximum absolute atomic E-state index is 11.6. The summed E-state index contributed by atoms with van der Waals surface area (Å²) in [5.74, 6) is 0.915. The predicted octanol–water partition coefficient (Wildman–Crippen LogP) is 1.77. The van der Waals surface area contributed by atoms with Gasteiger partial charge in [0.2, 0.25) is 0 Å². The van der Waals surface area contributed by atoms with Crippen LogP contribution < -0.4 is 0 Å². The average molecular weight is 208 g/mol. The largest absolute Gasteiger partial charge is 0.450 e. The summed E-state index contributed by atoms with van der Waals surface area (Å²) in [5, 5.41) is 9.10. The first-order valence-corrected chi connectivity index (χ1v) is 5.61. The van der Waals surface area contributed by atoms with Gasteiger partial charge in [0.05, 0.1) is 12.7 Å². The van der Waals surface area contributed by atoms with Crippen molar-refractivity contribution in [2.75, 3.05) is 13.2 Å². The standard InChI is InChI=1S/C11H16N2O2/c1-2-15-11(14)13-7-8-4-3-5-9(8)10(13)6-12/h8-10H,2-5,7H2,1H3. The Morgan fingerprint density at radius 3 is 3.07 bits per heavy atom. The molecule has 0 N–H and O–H groups in total. The zero-order chi connectivity index (χ0) is 10.8. The first-order chi connectivity index (χ1) is 7.27. The predicted molar refractivity (Wildman–Crippen MR) is 54.0 cm³/mol. The van der Waals surface area contributed by atoms with E-state index in [0.717, 1.165) is 12.8 Å². The number of amides is 1. The number of nitrogens with zero attached hydrogens (tertiary/aromatic N) is 2. The summed E-state index contributed by atoms with van der Waals surface area (Å²) in [4.78, 5) is 13.2. The molecule has 4 nitrogen and oxygen atoms in total. The van der Waals surface area contributed by atoms with Crippen LogP contribution in [0.3, 0.4) is 0 Å². The molecule has 2 rings (SSSR count). The molecular formula is C11H16N2O2. The topological polar surface area (TPSA) is 53.3 Å². The Morgan fingerprint density at radius 2 is 2.40 bits per heavy atom. The van der Waals surface area contributed by atoms with Crippen molar-refractivity contribution in [2.45, 2.75) is 32.2 Å². The van der Waals surface area contributed by atoms with Crippen LogP contribution in [-0.4, -0.2) is 30.2 Å². The van der Waals surface area contributed by atoms with Crippen LogP contribution in [0.2, 0.25) is 0 Å². The molecule has 2 aliphatic rings. The van der Waals surface area contributed by atoms with E-state index >= 15 is 0 Å². The molecule has 1 heterocycles. The highest BCUT2D eigenvalue weighted by atomic mass is 16.6. The Labute approximate surface area is 89.8 Å². The first kappa shape index (κ1) is 10.3. The SMILES string of the molecule is CCOC(=O)N1CC2CCCC2C1C#N. The Hall–Kier alpha value is -1.24. The Kier molecular flexibility index (Phi) is 2.81. The van der Waals surface area contributed by atoms with Gasteiger partial charge in [-0.15, -0.1) is 0 Å². The lowest BCUT2D eigenvalue weighted by Gasteiger charge is -2.21. The number of hydrogen-bond donors (Lipinski definition) is 0. The summed E-state index contributed by atoms with van der Waals surface area (Å²) < 4.78 is 4.96. The van der Waals surface area contributed by atoms with Crippen molar-refractivity contribution >= 4 is 6.09 Å². The quantitative estimate of drug-likeness (QED) is 0.659. The van der Waals surface area contributed by atoms with E-state index in [1.165, 1.54) is 6.42 Å². The van der Waals surface area contributed by atoms with Crippen LogP contribution >= 0.6 is 0 Å². The van der Waals surface area contributed by atoms with E-state index in [0.29, 0.717) is 25.0 Å². The second-order valence-electron chi connectivity index (χ2n) is 4.28. The number of fused-ring (bicyclic) bond motifs is 1. The second-order valence-corrected chi connectivity index (χ2v) is 4.28. The van der Waals surface area contributed by atoms with Gasteiger partial charge < -0.3 is 4.74 Å². The van der Waals surface area contributed by atoms with Gasteiger partial charge in [-0.25, -0.2) is 4.79 Å². The lowest BCUT2D eigenvalue weighted by Crippen LogP contribution is -2.37. The fraction of sp³-hybridized carbons (Fsp3) is 0.818. The van der Waals surface area contributed by atoms with E-state index in [1.54, 1.807) is 11.8 Å². The molecule has 82 valence electrons. The molecule has 0 aromatic rings. The van der Waals surface area contributed by atoms with Gasteiger partial charge in [0, 0.05) is 6.54 Å². The molecule has 0 spiro atoms. The highest BCUT2D eigenvalue weighted by Crippen LogP contribution is 2.41. The van der Waals surface area contributed by atoms with Gasteiger partial charge in [-0.1, -0.05) is 6.42 Å². The zero-order valence-corrected chi connectivity index (χ0v) is 8.98. The highest BCUT2D eigenvalue weighted by Gasteiger charge is 2.46. The molecule has 4 heteroatoms. The van der Waals surface area contributed by atoms with Gasteiger partial charge in [-0.3, -0.25) is 4.90 Å². The molecule has 3 unspecified atom stereocenters. The molecule has 3 atom stereocenters. The molecule has 1 aliphatic carbocycles. The van der Waals surface area contributed by atoms with Crippen LogP contribution in [0.5, 0.6) is 0 Å². The van der Waals surface area contributed by atoms with Crippen LogP contribution in [0, 0.1) is 23.2 Å². The van der Waals surface area contributed by atoms with E-state index in [4.69, 9.17) is 10.00 Å². The van der Waals surface area contributed by atoms with Crippen molar-refractivity contribution in [3.8, 4) is 6.07 Å². The summed E-state index contributed by atoms with van der Waals surface area (Å²) in [6.07, 6.45) is 3.11. The molecule has 1 saturated carbocycles. The van der Waals surface area contributed by atoms with Gasteiger partial charge in [0.15, 0.2) is 0 Å². The number of ether oxygens (including phenoxy) is 1. The van der Waals surface area contributed by atoms with Crippen molar-refractivity contribution in [3.05, 3.63) is 0 Å². The Morgan fingerprint density at radius 1 is 1.60 bits per heavy atom. The van der Waals surface area contributed by atoms with E-state index in [1.807, 2.05) is 0 Å². The maximum atomic E-state index is 11.6. The van der Waals surface area contributed by atoms with Gasteiger partial charge in [-0.05, 0) is 31.6 Å². The summed E-state index contributed by atoms with van der Waals surface area (Å²) in [6, 6.07) is 2.00. The third-order valence-corrected chi connectivity index (χ3v) is 3.53. The van der Waals surface area contributed by atoms with Crippen molar-refractivity contribution in [3.63, 3.8) is 0 Å². The molecule has 1 saturated heterocycles. The number of rotatable bonds is 1. The molecule has 2 fully saturated rings. The lowest BCUT2D eigenvalue weighted by molar-refractivity contribution is 0.105. The highest BCUT2D eigenvalue weighted by molar-refractivity contribution is 5.69. The molecule has 0 aromatic carbocycles. The van der Waals surface area contributed by atoms with Gasteiger partial charge >= 0.3 is 6.09 Å². The zero-order valence-electron chi connectivity index (χ0n) is 8.98. The smallest absolute Gasteiger partial charge is 0.410 e. The van der Waals surface area contributed by atoms with Crippen LogP contribution in [-0.2, 0) is 4.74 Å². The fourth-order valence-corrected chi connectivity index (χ4v) is 2.87. The minimum absolute atomic E-state index is 0.253. The van der Waals surface area contributed by atoms with Crippen molar-refractivity contribution in [1.29, 1.82) is 5.26 Å². The second kappa shape index (κ2) is 4.09. The third kappa shape index (κ3) is 1.67. The summed E-state index contributed by atoms with van der Waals surface area (Å²) in [5.41, 5.74) is 0. The number of carbonyl (C=O) groups is 1. The van der Waals surface area contributed by atoms with Crippen LogP contribution in [0.1, 0.15) is 26.2 Å². The minimum Gasteiger partial charge on any atom is -0.450 e. The van der Waals surface area contributed by atoms with Crippen LogP contribution in [0.4, 0.5) is 4.79 Å². The van der Waals surface area contributed by atoms with E-state index in [2.05, 4.69) is 6.07 Å². The molecule has 15 heavy (non-hydrogen) atoms. The fourth-order valence-electron chi connectivity index (χ4n) is 2.87. The normalized spacial score (nSPS) is 33.6. The van der Waals surface area contributed by atoms with E-state index in [9.17, 15) is 4.79 Å². The monoisotopic (exact) mass is 208 g/mol. The third-order valence-electron chi connectivity index (χ3n) is 3.53.